The van der Waals surface area contributed by atoms with Crippen molar-refractivity contribution < 1.29 is 18.0 Å². The zero-order valence-corrected chi connectivity index (χ0v) is 12.7. The first-order valence-corrected chi connectivity index (χ1v) is 7.43. The fourth-order valence-corrected chi connectivity index (χ4v) is 2.53. The topological polar surface area (TPSA) is 56.1 Å². The van der Waals surface area contributed by atoms with Crippen molar-refractivity contribution in [2.75, 3.05) is 13.1 Å². The molecule has 23 heavy (non-hydrogen) atoms. The third kappa shape index (κ3) is 4.38. The largest absolute Gasteiger partial charge is 0.416 e. The van der Waals surface area contributed by atoms with Crippen LogP contribution in [0.5, 0.6) is 0 Å². The summed E-state index contributed by atoms with van der Waals surface area (Å²) in [5, 5.41) is 11.6. The van der Waals surface area contributed by atoms with Crippen LogP contribution >= 0.6 is 0 Å². The van der Waals surface area contributed by atoms with Gasteiger partial charge in [0.1, 0.15) is 0 Å². The van der Waals surface area contributed by atoms with Crippen molar-refractivity contribution in [3.05, 3.63) is 35.4 Å². The maximum absolute atomic E-state index is 12.5. The van der Waals surface area contributed by atoms with Crippen LogP contribution in [-0.4, -0.2) is 24.0 Å². The van der Waals surface area contributed by atoms with Crippen LogP contribution in [-0.2, 0) is 6.18 Å². The normalized spacial score (nSPS) is 17.4. The van der Waals surface area contributed by atoms with Gasteiger partial charge in [-0.15, -0.1) is 0 Å². The molecule has 1 saturated heterocycles. The predicted octanol–water partition coefficient (Wildman–Crippen LogP) is 3.71. The van der Waals surface area contributed by atoms with Gasteiger partial charge >= 0.3 is 12.2 Å². The Bertz CT molecular complexity index is 584. The fourth-order valence-electron chi connectivity index (χ4n) is 2.53. The van der Waals surface area contributed by atoms with Gasteiger partial charge in [0.05, 0.1) is 17.7 Å². The molecule has 1 aliphatic rings. The van der Waals surface area contributed by atoms with Gasteiger partial charge in [0, 0.05) is 19.0 Å². The number of carbonyl (C=O) groups excluding carboxylic acids is 1. The highest BCUT2D eigenvalue weighted by Crippen LogP contribution is 2.30. The molecule has 0 saturated carbocycles. The first-order valence-electron chi connectivity index (χ1n) is 7.43. The van der Waals surface area contributed by atoms with E-state index < -0.39 is 17.8 Å². The third-order valence-corrected chi connectivity index (χ3v) is 4.04. The number of amides is 2. The highest BCUT2D eigenvalue weighted by Gasteiger charge is 2.30. The number of hydrogen-bond donors (Lipinski definition) is 1. The van der Waals surface area contributed by atoms with Crippen LogP contribution < -0.4 is 5.32 Å². The van der Waals surface area contributed by atoms with Crippen molar-refractivity contribution in [2.24, 2.45) is 5.92 Å². The summed E-state index contributed by atoms with van der Waals surface area (Å²) < 4.78 is 37.6. The van der Waals surface area contributed by atoms with E-state index >= 15 is 0 Å². The standard InChI is InChI=1S/C16H18F3N3O/c1-11(13-2-4-14(5-3-13)16(17,18)19)21-15(23)22-8-6-12(10-20)7-9-22/h2-5,11-12H,6-9H2,1H3,(H,21,23). The van der Waals surface area contributed by atoms with Crippen molar-refractivity contribution in [3.8, 4) is 6.07 Å². The van der Waals surface area contributed by atoms with E-state index in [0.717, 1.165) is 12.1 Å². The number of nitriles is 1. The Kier molecular flexibility index (Phi) is 5.14. The summed E-state index contributed by atoms with van der Waals surface area (Å²) in [6.45, 7) is 2.76. The molecule has 1 fully saturated rings. The second-order valence-corrected chi connectivity index (χ2v) is 5.68. The van der Waals surface area contributed by atoms with Gasteiger partial charge in [-0.2, -0.15) is 18.4 Å². The summed E-state index contributed by atoms with van der Waals surface area (Å²) >= 11 is 0. The lowest BCUT2D eigenvalue weighted by Crippen LogP contribution is -2.45. The van der Waals surface area contributed by atoms with Crippen molar-refractivity contribution in [3.63, 3.8) is 0 Å². The van der Waals surface area contributed by atoms with E-state index in [1.807, 2.05) is 0 Å². The van der Waals surface area contributed by atoms with E-state index in [1.165, 1.54) is 12.1 Å². The van der Waals surface area contributed by atoms with Crippen LogP contribution in [0.2, 0.25) is 0 Å². The molecule has 0 bridgehead atoms. The average Bonchev–Trinajstić information content (AvgIpc) is 2.54. The Balaban J connectivity index is 1.92. The average molecular weight is 325 g/mol. The highest BCUT2D eigenvalue weighted by atomic mass is 19.4. The Morgan fingerprint density at radius 1 is 1.30 bits per heavy atom. The van der Waals surface area contributed by atoms with Crippen molar-refractivity contribution in [1.82, 2.24) is 10.2 Å². The quantitative estimate of drug-likeness (QED) is 0.901. The molecule has 2 amide bonds. The molecule has 1 N–H and O–H groups in total. The van der Waals surface area contributed by atoms with Gasteiger partial charge in [0.15, 0.2) is 0 Å². The Morgan fingerprint density at radius 3 is 2.35 bits per heavy atom. The molecule has 1 aromatic carbocycles. The lowest BCUT2D eigenvalue weighted by atomic mass is 9.99. The second-order valence-electron chi connectivity index (χ2n) is 5.68. The molecule has 7 heteroatoms. The zero-order valence-electron chi connectivity index (χ0n) is 12.7. The summed E-state index contributed by atoms with van der Waals surface area (Å²) in [7, 11) is 0. The third-order valence-electron chi connectivity index (χ3n) is 4.04. The number of nitrogens with one attached hydrogen (secondary N) is 1. The molecule has 1 heterocycles. The number of rotatable bonds is 2. The van der Waals surface area contributed by atoms with Crippen LogP contribution in [0.4, 0.5) is 18.0 Å². The van der Waals surface area contributed by atoms with E-state index in [9.17, 15) is 18.0 Å². The molecule has 0 aliphatic carbocycles. The second kappa shape index (κ2) is 6.90. The van der Waals surface area contributed by atoms with Crippen LogP contribution in [0.15, 0.2) is 24.3 Å². The summed E-state index contributed by atoms with van der Waals surface area (Å²) in [6.07, 6.45) is -3.06. The molecular formula is C16H18F3N3O. The molecule has 1 unspecified atom stereocenters. The number of carbonyl (C=O) groups is 1. The van der Waals surface area contributed by atoms with E-state index in [1.54, 1.807) is 11.8 Å². The molecule has 0 aromatic heterocycles. The van der Waals surface area contributed by atoms with Gasteiger partial charge < -0.3 is 10.2 Å². The van der Waals surface area contributed by atoms with E-state index in [4.69, 9.17) is 5.26 Å². The number of urea groups is 1. The molecular weight excluding hydrogens is 307 g/mol. The van der Waals surface area contributed by atoms with Crippen molar-refractivity contribution in [2.45, 2.75) is 32.0 Å². The van der Waals surface area contributed by atoms with Crippen LogP contribution in [0.1, 0.15) is 36.9 Å². The van der Waals surface area contributed by atoms with Gasteiger partial charge in [-0.3, -0.25) is 0 Å². The highest BCUT2D eigenvalue weighted by molar-refractivity contribution is 5.74. The van der Waals surface area contributed by atoms with Gasteiger partial charge in [-0.1, -0.05) is 12.1 Å². The number of halogens is 3. The Morgan fingerprint density at radius 2 is 1.87 bits per heavy atom. The van der Waals surface area contributed by atoms with Crippen molar-refractivity contribution >= 4 is 6.03 Å². The summed E-state index contributed by atoms with van der Waals surface area (Å²) in [5.41, 5.74) is -0.100. The first kappa shape index (κ1) is 17.1. The predicted molar refractivity (Wildman–Crippen MR) is 78.3 cm³/mol. The number of benzene rings is 1. The Labute approximate surface area is 132 Å². The summed E-state index contributed by atoms with van der Waals surface area (Å²) in [6, 6.07) is 6.31. The molecule has 1 atom stereocenters. The molecule has 1 aliphatic heterocycles. The lowest BCUT2D eigenvalue weighted by molar-refractivity contribution is -0.137. The van der Waals surface area contributed by atoms with Crippen LogP contribution in [0.25, 0.3) is 0 Å². The van der Waals surface area contributed by atoms with Crippen molar-refractivity contribution in [1.29, 1.82) is 5.26 Å². The molecule has 4 nitrogen and oxygen atoms in total. The van der Waals surface area contributed by atoms with Gasteiger partial charge in [-0.25, -0.2) is 4.79 Å². The monoisotopic (exact) mass is 325 g/mol. The van der Waals surface area contributed by atoms with Gasteiger partial charge in [-0.05, 0) is 37.5 Å². The number of alkyl halides is 3. The van der Waals surface area contributed by atoms with E-state index in [0.29, 0.717) is 31.5 Å². The maximum atomic E-state index is 12.5. The lowest BCUT2D eigenvalue weighted by Gasteiger charge is -2.30. The van der Waals surface area contributed by atoms with E-state index in [2.05, 4.69) is 11.4 Å². The summed E-state index contributed by atoms with van der Waals surface area (Å²) in [5.74, 6) is -0.00798. The number of hydrogen-bond acceptors (Lipinski definition) is 2. The molecule has 0 radical (unpaired) electrons. The SMILES string of the molecule is CC(NC(=O)N1CCC(C#N)CC1)c1ccc(C(F)(F)F)cc1. The van der Waals surface area contributed by atoms with Gasteiger partial charge in [0.2, 0.25) is 0 Å². The maximum Gasteiger partial charge on any atom is 0.416 e. The number of nitrogens with zero attached hydrogens (tertiary/aromatic N) is 2. The number of piperidine rings is 1. The van der Waals surface area contributed by atoms with E-state index in [-0.39, 0.29) is 11.9 Å². The van der Waals surface area contributed by atoms with Crippen LogP contribution in [0.3, 0.4) is 0 Å². The molecule has 0 spiro atoms. The summed E-state index contributed by atoms with van der Waals surface area (Å²) in [4.78, 5) is 13.8. The minimum Gasteiger partial charge on any atom is -0.331 e. The first-order chi connectivity index (χ1) is 10.8. The molecule has 2 rings (SSSR count). The smallest absolute Gasteiger partial charge is 0.331 e. The Hall–Kier alpha value is -2.23. The molecule has 1 aromatic rings. The van der Waals surface area contributed by atoms with Crippen LogP contribution in [0, 0.1) is 17.2 Å². The molecule has 124 valence electrons. The minimum absolute atomic E-state index is 0.00798. The fraction of sp³-hybridized carbons (Fsp3) is 0.500. The van der Waals surface area contributed by atoms with Gasteiger partial charge in [0.25, 0.3) is 0 Å². The minimum atomic E-state index is -4.36. The zero-order chi connectivity index (χ0) is 17.0. The number of likely N-dealkylation sites (tertiary alicyclic amines) is 1.